The van der Waals surface area contributed by atoms with Gasteiger partial charge >= 0.3 is 0 Å². The molecule has 0 aliphatic carbocycles. The smallest absolute Gasteiger partial charge is 0.0832 e. The molecular formula is Cl2CuFeO. The van der Waals surface area contributed by atoms with Crippen LogP contribution in [0.1, 0.15) is 0 Å². The molecule has 0 bridgehead atoms. The molecular weight excluding hydrogens is 206 g/mol. The second-order valence-electron chi connectivity index (χ2n) is 0.0583. The van der Waals surface area contributed by atoms with E-state index in [1.54, 1.807) is 0 Å². The van der Waals surface area contributed by atoms with Gasteiger partial charge < -0.3 is 0 Å². The summed E-state index contributed by atoms with van der Waals surface area (Å²) in [5.74, 6) is 0. The molecule has 5 heteroatoms. The van der Waals surface area contributed by atoms with E-state index in [0.29, 0.717) is 0 Å². The number of hydrogen-bond donors (Lipinski definition) is 0. The monoisotopic (exact) mass is 205 g/mol. The van der Waals surface area contributed by atoms with Crippen LogP contribution in [0.2, 0.25) is 0 Å². The molecule has 0 saturated carbocycles. The van der Waals surface area contributed by atoms with Gasteiger partial charge in [0.1, 0.15) is 0 Å². The quantitative estimate of drug-likeness (QED) is 0.543. The Kier molecular flexibility index (Phi) is 56.2. The van der Waals surface area contributed by atoms with Gasteiger partial charge in [0.15, 0.2) is 0 Å². The van der Waals surface area contributed by atoms with Crippen LogP contribution >= 0.6 is 23.7 Å². The molecule has 0 N–H and O–H groups in total. The Morgan fingerprint density at radius 1 is 1.20 bits per heavy atom. The normalized spacial score (nSPS) is 3.60. The summed E-state index contributed by atoms with van der Waals surface area (Å²) in [5, 5.41) is 0. The first-order valence-electron chi connectivity index (χ1n) is 0.309. The van der Waals surface area contributed by atoms with Crippen LogP contribution in [-0.2, 0) is 38.0 Å². The maximum Gasteiger partial charge on any atom is 0.0832 e. The molecule has 1 radical (unpaired) electrons. The summed E-state index contributed by atoms with van der Waals surface area (Å²) in [7, 11) is 0. The van der Waals surface area contributed by atoms with Gasteiger partial charge in [0.25, 0.3) is 0 Å². The molecule has 0 fully saturated rings. The van der Waals surface area contributed by atoms with Crippen LogP contribution in [-0.4, -0.2) is 0 Å². The van der Waals surface area contributed by atoms with E-state index in [2.05, 4.69) is 27.6 Å². The van der Waals surface area contributed by atoms with Crippen molar-refractivity contribution in [3.8, 4) is 0 Å². The molecule has 0 saturated heterocycles. The first kappa shape index (κ1) is 16.0. The average molecular weight is 206 g/mol. The first-order chi connectivity index (χ1) is 1.41. The van der Waals surface area contributed by atoms with Gasteiger partial charge in [-0.2, -0.15) is 3.84 Å². The molecule has 0 aliphatic heterocycles. The van der Waals surface area contributed by atoms with E-state index in [1.807, 2.05) is 0 Å². The predicted octanol–water partition coefficient (Wildman–Crippen LogP) is 1.31. The third-order valence-electron chi connectivity index (χ3n) is 0. The zero-order chi connectivity index (χ0) is 2.71. The van der Waals surface area contributed by atoms with E-state index < -0.39 is 0 Å². The molecule has 0 unspecified atom stereocenters. The molecule has 0 aromatic heterocycles. The number of hydrogen-bond acceptors (Lipinski definition) is 1. The summed E-state index contributed by atoms with van der Waals surface area (Å²) in [6, 6.07) is 0. The summed E-state index contributed by atoms with van der Waals surface area (Å²) >= 11 is 8.53. The molecule has 5 heavy (non-hydrogen) atoms. The van der Waals surface area contributed by atoms with Crippen molar-refractivity contribution >= 4 is 23.7 Å². The van der Waals surface area contributed by atoms with Gasteiger partial charge in [0.05, 0.1) is 23.7 Å². The van der Waals surface area contributed by atoms with Gasteiger partial charge in [-0.05, 0) is 0 Å². The third-order valence-corrected chi connectivity index (χ3v) is 0. The minimum absolute atomic E-state index is 0. The molecule has 0 heterocycles. The van der Waals surface area contributed by atoms with Crippen molar-refractivity contribution in [1.82, 2.24) is 0 Å². The summed E-state index contributed by atoms with van der Waals surface area (Å²) in [4.78, 5) is 0. The first-order valence-corrected chi connectivity index (χ1v) is 0.926. The minimum Gasteiger partial charge on any atom is -0.166 e. The third kappa shape index (κ3) is 28.7. The van der Waals surface area contributed by atoms with Crippen molar-refractivity contribution in [1.29, 1.82) is 0 Å². The van der Waals surface area contributed by atoms with E-state index in [9.17, 15) is 0 Å². The topological polar surface area (TPSA) is 9.23 Å². The molecule has 0 spiro atoms. The van der Waals surface area contributed by atoms with Crippen LogP contribution in [0.25, 0.3) is 0 Å². The van der Waals surface area contributed by atoms with Crippen LogP contribution in [0, 0.1) is 0 Å². The van der Waals surface area contributed by atoms with E-state index in [1.165, 1.54) is 0 Å². The fraction of sp³-hybridized carbons (Fsp3) is 0. The zero-order valence-electron chi connectivity index (χ0n) is 1.82. The molecule has 39 valence electrons. The van der Waals surface area contributed by atoms with Gasteiger partial charge in [0.2, 0.25) is 0 Å². The predicted molar refractivity (Wildman–Crippen MR) is 12.8 cm³/mol. The van der Waals surface area contributed by atoms with E-state index in [4.69, 9.17) is 0 Å². The molecule has 0 aromatic rings. The Bertz CT molecular complexity index is 9.61. The fourth-order valence-electron chi connectivity index (χ4n) is 0. The zero-order valence-corrected chi connectivity index (χ0v) is 5.38. The van der Waals surface area contributed by atoms with Crippen molar-refractivity contribution in [2.75, 3.05) is 0 Å². The SMILES string of the molecule is ClOCl.[Cu].[Fe]. The van der Waals surface area contributed by atoms with Crippen LogP contribution < -0.4 is 0 Å². The largest absolute Gasteiger partial charge is 0.166 e. The van der Waals surface area contributed by atoms with Crippen molar-refractivity contribution < 1.29 is 38.0 Å². The Hall–Kier alpha value is 1.58. The van der Waals surface area contributed by atoms with Crippen LogP contribution in [0.3, 0.4) is 0 Å². The second kappa shape index (κ2) is 17.6. The van der Waals surface area contributed by atoms with E-state index >= 15 is 0 Å². The second-order valence-corrected chi connectivity index (χ2v) is 0.525. The maximum absolute atomic E-state index is 4.26. The Labute approximate surface area is 61.6 Å². The summed E-state index contributed by atoms with van der Waals surface area (Å²) < 4.78 is 3.19. The van der Waals surface area contributed by atoms with E-state index in [0.717, 1.165) is 0 Å². The molecule has 0 amide bonds. The van der Waals surface area contributed by atoms with Crippen LogP contribution in [0.4, 0.5) is 0 Å². The number of halogens is 2. The van der Waals surface area contributed by atoms with Crippen molar-refractivity contribution in [3.05, 3.63) is 0 Å². The standard InChI is InChI=1S/Cl2O.Cu.Fe/c1-3-2;;. The van der Waals surface area contributed by atoms with Crippen LogP contribution in [0.15, 0.2) is 0 Å². The number of rotatable bonds is 0. The Balaban J connectivity index is -0.0000000200. The van der Waals surface area contributed by atoms with Crippen molar-refractivity contribution in [3.63, 3.8) is 0 Å². The van der Waals surface area contributed by atoms with E-state index in [-0.39, 0.29) is 34.1 Å². The van der Waals surface area contributed by atoms with Gasteiger partial charge in [-0.3, -0.25) is 0 Å². The summed E-state index contributed by atoms with van der Waals surface area (Å²) in [5.41, 5.74) is 0. The van der Waals surface area contributed by atoms with Gasteiger partial charge in [-0.25, -0.2) is 0 Å². The molecule has 0 aromatic carbocycles. The summed E-state index contributed by atoms with van der Waals surface area (Å²) in [6.07, 6.45) is 0. The van der Waals surface area contributed by atoms with Crippen molar-refractivity contribution in [2.45, 2.75) is 0 Å². The van der Waals surface area contributed by atoms with Crippen molar-refractivity contribution in [2.24, 2.45) is 0 Å². The molecule has 0 rings (SSSR count). The van der Waals surface area contributed by atoms with Gasteiger partial charge in [0, 0.05) is 34.1 Å². The minimum atomic E-state index is 0. The fourth-order valence-corrected chi connectivity index (χ4v) is 0. The maximum atomic E-state index is 4.26. The summed E-state index contributed by atoms with van der Waals surface area (Å²) in [6.45, 7) is 0. The van der Waals surface area contributed by atoms with Crippen LogP contribution in [0.5, 0.6) is 0 Å². The molecule has 0 aliphatic rings. The van der Waals surface area contributed by atoms with Gasteiger partial charge in [-0.15, -0.1) is 0 Å². The Morgan fingerprint density at radius 2 is 1.20 bits per heavy atom. The Morgan fingerprint density at radius 3 is 1.20 bits per heavy atom. The van der Waals surface area contributed by atoms with Gasteiger partial charge in [-0.1, -0.05) is 0 Å². The average Bonchev–Trinajstić information content (AvgIpc) is 0.918. The molecule has 1 nitrogen and oxygen atoms in total. The molecule has 0 atom stereocenters.